The molecule has 712 valence electrons. The van der Waals surface area contributed by atoms with E-state index in [9.17, 15) is 107 Å². The van der Waals surface area contributed by atoms with E-state index in [-0.39, 0.29) is 120 Å². The number of phenolic OH excluding ortho intramolecular Hbond substituents is 1. The Morgan fingerprint density at radius 3 is 1.29 bits per heavy atom. The Morgan fingerprint density at radius 1 is 0.438 bits per heavy atom. The summed E-state index contributed by atoms with van der Waals surface area (Å²) in [6, 6.07) is -2.99. The fraction of sp³-hybridized carbons (Fsp3) is 0.562. The maximum absolute atomic E-state index is 15.2. The number of unbranched alkanes of at least 4 members (excludes halogenated alkanes) is 1. The monoisotopic (exact) mass is 1820 g/mol. The van der Waals surface area contributed by atoms with Gasteiger partial charge in [0.05, 0.1) is 31.6 Å². The number of aromatic amines is 2. The maximum atomic E-state index is 15.2. The number of likely N-dealkylation sites (tertiary alicyclic amines) is 2. The van der Waals surface area contributed by atoms with Crippen molar-refractivity contribution in [2.24, 2.45) is 35.1 Å². The van der Waals surface area contributed by atoms with Crippen molar-refractivity contribution < 1.29 is 112 Å². The fourth-order valence-electron chi connectivity index (χ4n) is 15.7. The Hall–Kier alpha value is -12.6. The van der Waals surface area contributed by atoms with Gasteiger partial charge in [-0.05, 0) is 149 Å². The van der Waals surface area contributed by atoms with Crippen molar-refractivity contribution in [1.29, 1.82) is 0 Å². The lowest BCUT2D eigenvalue weighted by molar-refractivity contribution is -0.147. The van der Waals surface area contributed by atoms with Crippen LogP contribution in [0, 0.1) is 23.7 Å². The van der Waals surface area contributed by atoms with Crippen LogP contribution in [0.25, 0.3) is 21.8 Å². The maximum Gasteiger partial charge on any atom is 0.326 e. The van der Waals surface area contributed by atoms with Crippen LogP contribution in [-0.2, 0) is 101 Å². The number of H-pyrrole nitrogens is 2. The summed E-state index contributed by atoms with van der Waals surface area (Å²) in [5, 5.41) is 93.2. The summed E-state index contributed by atoms with van der Waals surface area (Å²) < 4.78 is 0. The largest absolute Gasteiger partial charge is 0.508 e. The predicted molar refractivity (Wildman–Crippen MR) is 474 cm³/mol. The Bertz CT molecular complexity index is 4800. The third-order valence-corrected chi connectivity index (χ3v) is 22.8. The zero-order valence-electron chi connectivity index (χ0n) is 74.9. The van der Waals surface area contributed by atoms with Gasteiger partial charge in [-0.25, -0.2) is 4.79 Å². The zero-order chi connectivity index (χ0) is 96.1. The summed E-state index contributed by atoms with van der Waals surface area (Å²) in [6.45, 7) is 15.4. The van der Waals surface area contributed by atoms with Gasteiger partial charge in [0, 0.05) is 66.6 Å². The number of nitrogens with two attached hydrogens (primary N) is 2. The van der Waals surface area contributed by atoms with E-state index in [2.05, 4.69) is 68.5 Å². The highest BCUT2D eigenvalue weighted by molar-refractivity contribution is 6.02. The lowest BCUT2D eigenvalue weighted by atomic mass is 9.96. The Labute approximate surface area is 752 Å². The summed E-state index contributed by atoms with van der Waals surface area (Å²) in [5.41, 5.74) is 14.7. The van der Waals surface area contributed by atoms with E-state index < -0.39 is 223 Å². The fourth-order valence-corrected chi connectivity index (χ4v) is 15.7. The van der Waals surface area contributed by atoms with Crippen molar-refractivity contribution in [3.8, 4) is 5.75 Å². The number of hydrogen-bond donors (Lipinski definition) is 22. The Balaban J connectivity index is 1.08. The number of aromatic nitrogens is 2. The lowest BCUT2D eigenvalue weighted by Crippen LogP contribution is -2.62. The second-order valence-electron chi connectivity index (χ2n) is 34.8. The number of carbonyl (C=O) groups is 17. The molecule has 2 saturated heterocycles. The van der Waals surface area contributed by atoms with Crippen molar-refractivity contribution in [3.05, 3.63) is 102 Å². The van der Waals surface area contributed by atoms with Crippen molar-refractivity contribution in [1.82, 2.24) is 83.6 Å². The van der Waals surface area contributed by atoms with Gasteiger partial charge in [0.15, 0.2) is 0 Å². The number of carboxylic acid groups (broad SMARTS) is 3. The summed E-state index contributed by atoms with van der Waals surface area (Å²) in [7, 11) is 0. The third kappa shape index (κ3) is 30.5. The van der Waals surface area contributed by atoms with E-state index in [1.54, 1.807) is 91.2 Å². The summed E-state index contributed by atoms with van der Waals surface area (Å²) >= 11 is 0. The number of hydrogen-bond acceptors (Lipinski definition) is 22. The normalized spacial score (nSPS) is 17.3. The molecule has 2 fully saturated rings. The molecule has 4 heterocycles. The number of aliphatic hydroxyl groups is 2. The van der Waals surface area contributed by atoms with Gasteiger partial charge in [-0.1, -0.05) is 110 Å². The second kappa shape index (κ2) is 49.8. The number of fused-ring (bicyclic) bond motifs is 2. The first-order valence-electron chi connectivity index (χ1n) is 44.1. The molecule has 2 aliphatic heterocycles. The van der Waals surface area contributed by atoms with Gasteiger partial charge < -0.3 is 126 Å². The molecule has 24 N–H and O–H groups in total. The summed E-state index contributed by atoms with van der Waals surface area (Å²) in [6.07, 6.45) is -0.140. The molecule has 3 aromatic carbocycles. The van der Waals surface area contributed by atoms with Gasteiger partial charge in [0.2, 0.25) is 82.7 Å². The summed E-state index contributed by atoms with van der Waals surface area (Å²) in [4.78, 5) is 248. The highest BCUT2D eigenvalue weighted by atomic mass is 16.4. The van der Waals surface area contributed by atoms with Crippen molar-refractivity contribution in [2.75, 3.05) is 26.2 Å². The van der Waals surface area contributed by atoms with E-state index in [0.29, 0.717) is 40.4 Å². The second-order valence-corrected chi connectivity index (χ2v) is 34.8. The quantitative estimate of drug-likeness (QED) is 0.0213. The number of nitrogens with one attached hydrogen (secondary N) is 14. The van der Waals surface area contributed by atoms with Gasteiger partial charge in [-0.15, -0.1) is 0 Å². The van der Waals surface area contributed by atoms with Crippen LogP contribution in [0.5, 0.6) is 5.75 Å². The standard InChI is InChI=1S/C89H128N18O23/c1-11-48(8)73(104-75(115)49(9)91)85(125)101-65(39-53-43-93-58-23-15-13-21-56(53)58)87(127)106-32-18-26-70(106)84(124)99-63(37-51-27-29-54(110)30-28-51)79(119)100-66(40-71(111)112)88(128)107-33-19-25-69(107)83(123)98-62(36-47(6)7)81(121)105-74(50(10)109)86(126)94-59(24-16-17-31-90)76(116)95-60(34-45(2)3)77(117)97-64(38-52-42-92-57-22-14-12-20-55(52)57)80(120)96-61(35-46(4)5)78(118)103-68(44-108)82(122)102-67(89(129)130)41-72(113)114/h12-15,20-23,27-30,42-43,45-50,59-70,73-74,92-93,108-110H,11,16-19,24-26,31-41,44,90-91H2,1-10H3,(H,94,126)(H,95,116)(H,96,120)(H,97,117)(H,98,123)(H,99,124)(H,100,119)(H,101,125)(H,102,122)(H,103,118)(H,104,115)(H,105,121)(H,111,112)(H,113,114)(H,129,130)/t48-,49-,50+,59-,60-,61-,62-,63-,64-,65-,66-,67-,68-,69-,70-,73-,74-/m0/s1. The molecule has 0 saturated carbocycles. The Kier molecular flexibility index (Phi) is 40.0. The third-order valence-electron chi connectivity index (χ3n) is 22.8. The van der Waals surface area contributed by atoms with Crippen LogP contribution in [-0.4, -0.2) is 274 Å². The molecule has 0 aliphatic carbocycles. The number of aliphatic hydroxyl groups excluding tert-OH is 2. The van der Waals surface area contributed by atoms with Crippen molar-refractivity contribution in [3.63, 3.8) is 0 Å². The smallest absolute Gasteiger partial charge is 0.326 e. The minimum Gasteiger partial charge on any atom is -0.508 e. The van der Waals surface area contributed by atoms with E-state index in [1.165, 1.54) is 43.0 Å². The van der Waals surface area contributed by atoms with Gasteiger partial charge >= 0.3 is 17.9 Å². The molecule has 0 spiro atoms. The Morgan fingerprint density at radius 2 is 0.823 bits per heavy atom. The minimum atomic E-state index is -1.95. The van der Waals surface area contributed by atoms with Crippen molar-refractivity contribution in [2.45, 2.75) is 269 Å². The molecule has 130 heavy (non-hydrogen) atoms. The van der Waals surface area contributed by atoms with Crippen LogP contribution in [0.2, 0.25) is 0 Å². The predicted octanol–water partition coefficient (Wildman–Crippen LogP) is -0.750. The number of nitrogens with zero attached hydrogens (tertiary/aromatic N) is 2. The topological polar surface area (TPSA) is 646 Å². The van der Waals surface area contributed by atoms with Crippen LogP contribution in [0.1, 0.15) is 169 Å². The van der Waals surface area contributed by atoms with Crippen LogP contribution in [0.15, 0.2) is 85.2 Å². The number of carbonyl (C=O) groups excluding carboxylic acids is 14. The van der Waals surface area contributed by atoms with Gasteiger partial charge in [0.1, 0.15) is 90.3 Å². The molecule has 7 rings (SSSR count). The molecular weight excluding hydrogens is 1690 g/mol. The van der Waals surface area contributed by atoms with Gasteiger partial charge in [-0.2, -0.15) is 0 Å². The van der Waals surface area contributed by atoms with Crippen LogP contribution in [0.4, 0.5) is 0 Å². The highest BCUT2D eigenvalue weighted by Crippen LogP contribution is 2.27. The average molecular weight is 1820 g/mol. The number of phenols is 1. The zero-order valence-corrected chi connectivity index (χ0v) is 74.9. The summed E-state index contributed by atoms with van der Waals surface area (Å²) in [5.74, 6) is -19.6. The molecule has 14 amide bonds. The van der Waals surface area contributed by atoms with E-state index in [1.807, 2.05) is 30.4 Å². The van der Waals surface area contributed by atoms with Crippen LogP contribution in [0.3, 0.4) is 0 Å². The molecular formula is C89H128N18O23. The molecule has 0 bridgehead atoms. The number of para-hydroxylation sites is 2. The van der Waals surface area contributed by atoms with Gasteiger partial charge in [0.25, 0.3) is 0 Å². The number of aliphatic carboxylic acids is 3. The van der Waals surface area contributed by atoms with Crippen LogP contribution >= 0.6 is 0 Å². The molecule has 2 aliphatic rings. The SMILES string of the molecule is CC[C@H](C)[C@H](NC(=O)[C@H](C)N)C(=O)N[C@@H](Cc1c[nH]c2ccccc12)C(=O)N1CCC[C@H]1C(=O)N[C@@H](Cc1ccc(O)cc1)C(=O)N[C@@H](CC(=O)O)C(=O)N1CCC[C@H]1C(=O)N[C@@H](CC(C)C)C(=O)N[C@H](C(=O)N[C@@H](CCCCN)C(=O)N[C@@H](CC(C)C)C(=O)N[C@@H](Cc1c[nH]c2ccccc12)C(=O)N[C@@H](CC(C)C)C(=O)N[C@@H](CO)C(=O)N[C@@H](CC(=O)O)C(=O)O)[C@@H](C)O. The first kappa shape index (κ1) is 104. The number of amides is 14. The first-order chi connectivity index (χ1) is 61.5. The molecule has 17 atom stereocenters. The van der Waals surface area contributed by atoms with E-state index >= 15 is 4.79 Å². The number of rotatable bonds is 51. The molecule has 41 nitrogen and oxygen atoms in total. The minimum absolute atomic E-state index is 0.0195. The average Bonchev–Trinajstić information content (AvgIpc) is 1.64. The van der Waals surface area contributed by atoms with E-state index in [0.717, 1.165) is 15.8 Å². The molecule has 0 radical (unpaired) electrons. The molecule has 0 unspecified atom stereocenters. The number of benzene rings is 3. The molecule has 5 aromatic rings. The molecule has 41 heteroatoms. The number of carboxylic acids is 3. The highest BCUT2D eigenvalue weighted by Gasteiger charge is 2.45. The number of aromatic hydroxyl groups is 1. The van der Waals surface area contributed by atoms with E-state index in [4.69, 9.17) is 11.5 Å². The van der Waals surface area contributed by atoms with Crippen LogP contribution < -0.4 is 75.3 Å². The first-order valence-corrected chi connectivity index (χ1v) is 44.1. The van der Waals surface area contributed by atoms with Crippen molar-refractivity contribution >= 4 is 122 Å². The molecule has 2 aromatic heterocycles. The van der Waals surface area contributed by atoms with Gasteiger partial charge in [-0.3, -0.25) is 76.7 Å². The lowest BCUT2D eigenvalue weighted by Gasteiger charge is -2.32.